The van der Waals surface area contributed by atoms with Crippen molar-refractivity contribution in [1.82, 2.24) is 13.8 Å². The number of ketones is 1. The number of carbonyl (C=O) groups excluding carboxylic acids is 1. The number of hydrogen-bond acceptors (Lipinski definition) is 3. The van der Waals surface area contributed by atoms with Gasteiger partial charge in [0.1, 0.15) is 11.2 Å². The largest absolute Gasteiger partial charge is 0.455 e. The van der Waals surface area contributed by atoms with Crippen molar-refractivity contribution >= 4 is 135 Å². The molecule has 2 bridgehead atoms. The Balaban J connectivity index is 1.24. The Hall–Kier alpha value is -5.56. The van der Waals surface area contributed by atoms with Crippen LogP contribution in [0.5, 0.6) is 0 Å². The molecule has 0 aliphatic heterocycles. The van der Waals surface area contributed by atoms with Crippen LogP contribution in [0.2, 0.25) is 10.4 Å². The molecule has 8 radical (unpaired) electrons. The quantitative estimate of drug-likeness (QED) is 0.143. The van der Waals surface area contributed by atoms with Gasteiger partial charge < -0.3 is 13.2 Å². The van der Waals surface area contributed by atoms with Gasteiger partial charge in [-0.05, 0) is 101 Å². The minimum Gasteiger partial charge on any atom is -0.455 e. The van der Waals surface area contributed by atoms with Crippen molar-refractivity contribution in [2.45, 2.75) is 107 Å². The van der Waals surface area contributed by atoms with Crippen molar-refractivity contribution in [3.05, 3.63) is 100 Å². The van der Waals surface area contributed by atoms with Gasteiger partial charge in [-0.2, -0.15) is 0 Å². The summed E-state index contributed by atoms with van der Waals surface area (Å²) in [4.78, 5) is 19.4. The number of nitrogens with zero attached hydrogens (tertiary/aromatic N) is 3. The van der Waals surface area contributed by atoms with Gasteiger partial charge >= 0.3 is 0 Å². The lowest BCUT2D eigenvalue weighted by Crippen LogP contribution is -2.58. The van der Waals surface area contributed by atoms with Gasteiger partial charge in [0.05, 0.1) is 81.5 Å². The van der Waals surface area contributed by atoms with Gasteiger partial charge in [-0.25, -0.2) is 8.78 Å². The summed E-state index contributed by atoms with van der Waals surface area (Å²) in [5, 5.41) is 3.27. The zero-order valence-electron chi connectivity index (χ0n) is 37.5. The van der Waals surface area contributed by atoms with Crippen LogP contribution in [0.1, 0.15) is 113 Å². The Morgan fingerprint density at radius 2 is 1.29 bits per heavy atom. The van der Waals surface area contributed by atoms with Gasteiger partial charge in [0.2, 0.25) is 0 Å². The maximum atomic E-state index is 19.0. The first kappa shape index (κ1) is 38.7. The van der Waals surface area contributed by atoms with Crippen molar-refractivity contribution in [2.24, 2.45) is 5.92 Å². The van der Waals surface area contributed by atoms with Crippen LogP contribution in [0.3, 0.4) is 0 Å². The number of rotatable bonds is 0. The Morgan fingerprint density at radius 1 is 0.662 bits per heavy atom. The third kappa shape index (κ3) is 4.09. The van der Waals surface area contributed by atoms with E-state index in [1.165, 1.54) is 0 Å². The topological polar surface area (TPSA) is 51.9 Å². The predicted octanol–water partition coefficient (Wildman–Crippen LogP) is 12.8. The second kappa shape index (κ2) is 11.3. The molecule has 6 aromatic heterocycles. The summed E-state index contributed by atoms with van der Waals surface area (Å²) in [6.45, 7) is 14.1. The highest BCUT2D eigenvalue weighted by atomic mass is 19.1. The maximum absolute atomic E-state index is 19.0. The summed E-state index contributed by atoms with van der Waals surface area (Å²) in [6.07, 6.45) is 5.42. The molecule has 6 heterocycles. The number of Topliss-reactive ketones (excluding diaryl/α,β-unsaturated/α-hetero) is 1. The summed E-state index contributed by atoms with van der Waals surface area (Å²) in [7, 11) is 28.1. The molecule has 5 aromatic carbocycles. The van der Waals surface area contributed by atoms with E-state index >= 15 is 8.78 Å². The molecule has 0 unspecified atom stereocenters. The molecule has 0 saturated heterocycles. The first-order chi connectivity index (χ1) is 30.7. The van der Waals surface area contributed by atoms with E-state index in [0.717, 1.165) is 74.7 Å². The van der Waals surface area contributed by atoms with Crippen molar-refractivity contribution < 1.29 is 18.0 Å². The molecule has 1 saturated carbocycles. The van der Waals surface area contributed by atoms with E-state index in [2.05, 4.69) is 39.0 Å². The molecule has 4 aliphatic rings. The average Bonchev–Trinajstić information content (AvgIpc) is 4.04. The number of fused-ring (bicyclic) bond motifs is 20. The van der Waals surface area contributed by atoms with E-state index in [0.29, 0.717) is 55.3 Å². The van der Waals surface area contributed by atoms with E-state index in [-0.39, 0.29) is 44.8 Å². The van der Waals surface area contributed by atoms with Crippen LogP contribution >= 0.6 is 0 Å². The number of carbonyl (C=O) groups is 1. The number of benzene rings is 5. The molecule has 0 atom stereocenters. The van der Waals surface area contributed by atoms with Gasteiger partial charge in [0, 0.05) is 60.3 Å². The number of hydrogen-bond donors (Lipinski definition) is 0. The van der Waals surface area contributed by atoms with Gasteiger partial charge in [-0.3, -0.25) is 9.78 Å². The normalized spacial score (nSPS) is 21.5. The van der Waals surface area contributed by atoms with Crippen LogP contribution in [0.15, 0.2) is 65.2 Å². The van der Waals surface area contributed by atoms with Crippen LogP contribution in [-0.4, -0.2) is 51.0 Å². The third-order valence-electron chi connectivity index (χ3n) is 17.4. The minimum atomic E-state index is -1.62. The second-order valence-corrected chi connectivity index (χ2v) is 22.1. The fourth-order valence-electron chi connectivity index (χ4n) is 13.4. The lowest BCUT2D eigenvalue weighted by Gasteiger charge is -2.65. The zero-order chi connectivity index (χ0) is 45.1. The van der Waals surface area contributed by atoms with E-state index in [9.17, 15) is 4.79 Å². The van der Waals surface area contributed by atoms with E-state index in [1.54, 1.807) is 6.20 Å². The predicted molar refractivity (Wildman–Crippen MR) is 263 cm³/mol. The SMILES string of the molecule is [B]C1([B])C(C)(C)c2ncc3c(c2C(C)(C)C1([B])[B])c1cc(C(C)(C)C)cc2c4c(F)c5c(c(F)c4n3c12)c1c2oc3ccccc3c2cc2c3cc4c(cc3n5c21)C(=O)C1CCC4CC1. The fourth-order valence-corrected chi connectivity index (χ4v) is 13.4. The van der Waals surface area contributed by atoms with Crippen LogP contribution in [-0.2, 0) is 16.2 Å². The Bertz CT molecular complexity index is 4060. The molecule has 0 N–H and O–H groups in total. The lowest BCUT2D eigenvalue weighted by molar-refractivity contribution is 0.0898. The van der Waals surface area contributed by atoms with E-state index in [4.69, 9.17) is 40.8 Å². The summed E-state index contributed by atoms with van der Waals surface area (Å²) in [5.74, 6) is -0.725. The van der Waals surface area contributed by atoms with Crippen molar-refractivity contribution in [2.75, 3.05) is 0 Å². The number of pyridine rings is 1. The molecule has 11 aromatic rings. The number of furan rings is 1. The third-order valence-corrected chi connectivity index (χ3v) is 17.4. The highest BCUT2D eigenvalue weighted by Crippen LogP contribution is 2.69. The van der Waals surface area contributed by atoms with Gasteiger partial charge in [-0.1, -0.05) is 77.1 Å². The molecule has 5 nitrogen and oxygen atoms in total. The standard InChI is InChI=1S/C54H41B4F2N3O2/c1-50(2,3)24-16-31-36-34(21-61-49-40(36)51(4,5)53(55,56)54(57,58)52(49,6)7)63-43(31)32(17-24)37-41(59)46-38(42(60)45(37)63)39-44-28(19-30-25-10-8-9-11-35(25)65-48(30)39)27-18-26-22-12-14-23(15-13-22)47(64)29(26)20-33(27)62(44)46/h8-11,16-23H,12-15H2,1-7H3. The molecule has 0 spiro atoms. The summed E-state index contributed by atoms with van der Waals surface area (Å²) >= 11 is 0. The molecule has 310 valence electrons. The number of aromatic nitrogens is 3. The highest BCUT2D eigenvalue weighted by molar-refractivity contribution is 6.56. The number of halogens is 2. The first-order valence-corrected chi connectivity index (χ1v) is 22.9. The van der Waals surface area contributed by atoms with Crippen LogP contribution in [0, 0.1) is 17.6 Å². The summed E-state index contributed by atoms with van der Waals surface area (Å²) in [5.41, 5.74) is 5.71. The number of para-hydroxylation sites is 1. The lowest BCUT2D eigenvalue weighted by atomic mass is 9.17. The summed E-state index contributed by atoms with van der Waals surface area (Å²) in [6, 6.07) is 18.3. The zero-order valence-corrected chi connectivity index (χ0v) is 37.5. The molecule has 65 heavy (non-hydrogen) atoms. The van der Waals surface area contributed by atoms with Crippen LogP contribution in [0.4, 0.5) is 8.78 Å². The monoisotopic (exact) mass is 845 g/mol. The van der Waals surface area contributed by atoms with Gasteiger partial charge in [-0.15, -0.1) is 0 Å². The summed E-state index contributed by atoms with van der Waals surface area (Å²) < 4.78 is 48.3. The van der Waals surface area contributed by atoms with Crippen LogP contribution in [0.25, 0.3) is 98.1 Å². The van der Waals surface area contributed by atoms with Crippen molar-refractivity contribution in [3.8, 4) is 0 Å². The van der Waals surface area contributed by atoms with E-state index < -0.39 is 32.9 Å². The minimum absolute atomic E-state index is 0.0277. The molecular weight excluding hydrogens is 804 g/mol. The van der Waals surface area contributed by atoms with E-state index in [1.807, 2.05) is 72.9 Å². The Kier molecular flexibility index (Phi) is 6.74. The molecule has 11 heteroatoms. The Labute approximate surface area is 378 Å². The molecule has 0 amide bonds. The van der Waals surface area contributed by atoms with Crippen molar-refractivity contribution in [1.29, 1.82) is 0 Å². The van der Waals surface area contributed by atoms with Crippen molar-refractivity contribution in [3.63, 3.8) is 0 Å². The van der Waals surface area contributed by atoms with Gasteiger partial charge in [0.15, 0.2) is 17.4 Å². The smallest absolute Gasteiger partial charge is 0.166 e. The van der Waals surface area contributed by atoms with Crippen LogP contribution < -0.4 is 0 Å². The second-order valence-electron chi connectivity index (χ2n) is 22.1. The maximum Gasteiger partial charge on any atom is 0.166 e. The van der Waals surface area contributed by atoms with Gasteiger partial charge in [0.25, 0.3) is 0 Å². The Morgan fingerprint density at radius 3 is 2.02 bits per heavy atom. The molecule has 1 fully saturated rings. The average molecular weight is 845 g/mol. The molecular formula is C54H41B4F2N3O2. The first-order valence-electron chi connectivity index (χ1n) is 22.9. The molecule has 15 rings (SSSR count). The molecule has 4 aliphatic carbocycles. The fraction of sp³-hybridized carbons (Fsp3) is 0.333. The highest BCUT2D eigenvalue weighted by Gasteiger charge is 2.60.